The van der Waals surface area contributed by atoms with E-state index in [0.717, 1.165) is 5.56 Å². The van der Waals surface area contributed by atoms with Crippen LogP contribution in [-0.2, 0) is 19.1 Å². The topological polar surface area (TPSA) is 108 Å². The molecule has 0 aliphatic rings. The molecule has 0 saturated heterocycles. The average molecular weight is 383 g/mol. The standard InChI is InChI=1S/C19H17N3O4S/c20-12-15-9-11-27-19(15)22-17(24)13-26-18(25)8-10-21-16(23)7-6-14-4-2-1-3-5-14/h1-7,9,11H,8,10,13H2,(H,21,23)(H,22,24)/b7-6+. The number of nitrogens with one attached hydrogen (secondary N) is 2. The van der Waals surface area contributed by atoms with Crippen LogP contribution in [0.4, 0.5) is 5.00 Å². The number of carbonyl (C=O) groups is 3. The highest BCUT2D eigenvalue weighted by Gasteiger charge is 2.11. The number of carbonyl (C=O) groups excluding carboxylic acids is 3. The minimum atomic E-state index is -0.607. The van der Waals surface area contributed by atoms with Crippen LogP contribution >= 0.6 is 11.3 Å². The van der Waals surface area contributed by atoms with Crippen molar-refractivity contribution in [1.29, 1.82) is 5.26 Å². The van der Waals surface area contributed by atoms with Crippen molar-refractivity contribution in [1.82, 2.24) is 5.32 Å². The van der Waals surface area contributed by atoms with E-state index < -0.39 is 18.5 Å². The summed E-state index contributed by atoms with van der Waals surface area (Å²) in [4.78, 5) is 35.0. The van der Waals surface area contributed by atoms with E-state index in [1.807, 2.05) is 36.4 Å². The van der Waals surface area contributed by atoms with Crippen LogP contribution in [0.25, 0.3) is 6.08 Å². The van der Waals surface area contributed by atoms with E-state index in [4.69, 9.17) is 10.00 Å². The van der Waals surface area contributed by atoms with E-state index in [0.29, 0.717) is 10.6 Å². The lowest BCUT2D eigenvalue weighted by Crippen LogP contribution is -2.26. The van der Waals surface area contributed by atoms with Gasteiger partial charge in [0.2, 0.25) is 5.91 Å². The molecular formula is C19H17N3O4S. The Hall–Kier alpha value is -3.44. The second-order valence-electron chi connectivity index (χ2n) is 5.27. The van der Waals surface area contributed by atoms with Crippen LogP contribution in [0.15, 0.2) is 47.9 Å². The number of nitrogens with zero attached hydrogens (tertiary/aromatic N) is 1. The molecule has 8 heteroatoms. The summed E-state index contributed by atoms with van der Waals surface area (Å²) < 4.78 is 4.84. The van der Waals surface area contributed by atoms with E-state index in [9.17, 15) is 14.4 Å². The normalized spacial score (nSPS) is 10.2. The van der Waals surface area contributed by atoms with E-state index in [-0.39, 0.29) is 18.9 Å². The molecule has 0 bridgehead atoms. The molecule has 2 amide bonds. The zero-order valence-corrected chi connectivity index (χ0v) is 15.1. The minimum absolute atomic E-state index is 0.0549. The van der Waals surface area contributed by atoms with Gasteiger partial charge in [-0.15, -0.1) is 11.3 Å². The molecule has 2 N–H and O–H groups in total. The molecule has 0 spiro atoms. The molecule has 0 aliphatic heterocycles. The summed E-state index contributed by atoms with van der Waals surface area (Å²) in [6.07, 6.45) is 2.99. The van der Waals surface area contributed by atoms with Crippen molar-refractivity contribution in [2.75, 3.05) is 18.5 Å². The molecule has 0 fully saturated rings. The number of hydrogen-bond acceptors (Lipinski definition) is 6. The molecular weight excluding hydrogens is 366 g/mol. The summed E-state index contributed by atoms with van der Waals surface area (Å²) in [5.41, 5.74) is 1.24. The van der Waals surface area contributed by atoms with Crippen LogP contribution in [0.5, 0.6) is 0 Å². The lowest BCUT2D eigenvalue weighted by Gasteiger charge is -2.06. The Morgan fingerprint density at radius 3 is 2.70 bits per heavy atom. The van der Waals surface area contributed by atoms with Gasteiger partial charge in [0, 0.05) is 12.6 Å². The number of hydrogen-bond donors (Lipinski definition) is 2. The Balaban J connectivity index is 1.63. The highest BCUT2D eigenvalue weighted by molar-refractivity contribution is 7.14. The van der Waals surface area contributed by atoms with Crippen molar-refractivity contribution in [2.45, 2.75) is 6.42 Å². The molecule has 138 valence electrons. The van der Waals surface area contributed by atoms with Crippen molar-refractivity contribution in [3.05, 3.63) is 59.0 Å². The maximum Gasteiger partial charge on any atom is 0.308 e. The number of thiophene rings is 1. The first-order valence-corrected chi connectivity index (χ1v) is 8.90. The summed E-state index contributed by atoms with van der Waals surface area (Å²) in [6.45, 7) is -0.356. The Morgan fingerprint density at radius 2 is 1.96 bits per heavy atom. The second kappa shape index (κ2) is 10.5. The fourth-order valence-corrected chi connectivity index (χ4v) is 2.71. The molecule has 1 aromatic heterocycles. The fourth-order valence-electron chi connectivity index (χ4n) is 1.96. The molecule has 27 heavy (non-hydrogen) atoms. The van der Waals surface area contributed by atoms with Gasteiger partial charge >= 0.3 is 5.97 Å². The van der Waals surface area contributed by atoms with Gasteiger partial charge in [-0.1, -0.05) is 30.3 Å². The molecule has 0 radical (unpaired) electrons. The number of ether oxygens (including phenoxy) is 1. The molecule has 1 heterocycles. The Bertz CT molecular complexity index is 869. The van der Waals surface area contributed by atoms with Gasteiger partial charge in [-0.05, 0) is 23.1 Å². The maximum absolute atomic E-state index is 11.7. The minimum Gasteiger partial charge on any atom is -0.456 e. The number of benzene rings is 1. The monoisotopic (exact) mass is 383 g/mol. The first kappa shape index (κ1) is 19.9. The lowest BCUT2D eigenvalue weighted by atomic mass is 10.2. The first-order valence-electron chi connectivity index (χ1n) is 8.02. The van der Waals surface area contributed by atoms with Gasteiger partial charge < -0.3 is 15.4 Å². The van der Waals surface area contributed by atoms with Crippen LogP contribution in [0.2, 0.25) is 0 Å². The largest absolute Gasteiger partial charge is 0.456 e. The highest BCUT2D eigenvalue weighted by atomic mass is 32.1. The van der Waals surface area contributed by atoms with Crippen LogP contribution in [0.1, 0.15) is 17.5 Å². The van der Waals surface area contributed by atoms with Gasteiger partial charge in [-0.3, -0.25) is 14.4 Å². The lowest BCUT2D eigenvalue weighted by molar-refractivity contribution is -0.147. The Labute approximate surface area is 160 Å². The SMILES string of the molecule is N#Cc1ccsc1NC(=O)COC(=O)CCNC(=O)/C=C/c1ccccc1. The van der Waals surface area contributed by atoms with Crippen LogP contribution in [0.3, 0.4) is 0 Å². The van der Waals surface area contributed by atoms with Crippen molar-refractivity contribution < 1.29 is 19.1 Å². The number of rotatable bonds is 8. The number of amides is 2. The van der Waals surface area contributed by atoms with Crippen molar-refractivity contribution in [3.8, 4) is 6.07 Å². The maximum atomic E-state index is 11.7. The highest BCUT2D eigenvalue weighted by Crippen LogP contribution is 2.21. The predicted octanol–water partition coefficient (Wildman–Crippen LogP) is 2.32. The summed E-state index contributed by atoms with van der Waals surface area (Å²) in [5.74, 6) is -1.47. The van der Waals surface area contributed by atoms with E-state index in [1.165, 1.54) is 17.4 Å². The quantitative estimate of drug-likeness (QED) is 0.537. The van der Waals surface area contributed by atoms with Gasteiger partial charge in [-0.25, -0.2) is 0 Å². The third-order valence-corrected chi connectivity index (χ3v) is 4.09. The molecule has 0 aliphatic carbocycles. The van der Waals surface area contributed by atoms with Crippen LogP contribution < -0.4 is 10.6 Å². The average Bonchev–Trinajstić information content (AvgIpc) is 3.12. The van der Waals surface area contributed by atoms with E-state index >= 15 is 0 Å². The smallest absolute Gasteiger partial charge is 0.308 e. The van der Waals surface area contributed by atoms with Gasteiger partial charge in [0.1, 0.15) is 11.1 Å². The van der Waals surface area contributed by atoms with Crippen LogP contribution in [-0.4, -0.2) is 30.9 Å². The van der Waals surface area contributed by atoms with Crippen molar-refractivity contribution in [3.63, 3.8) is 0 Å². The van der Waals surface area contributed by atoms with Gasteiger partial charge in [-0.2, -0.15) is 5.26 Å². The molecule has 0 saturated carbocycles. The van der Waals surface area contributed by atoms with Crippen molar-refractivity contribution >= 4 is 40.2 Å². The summed E-state index contributed by atoms with van der Waals surface area (Å²) >= 11 is 1.21. The molecule has 2 rings (SSSR count). The zero-order chi connectivity index (χ0) is 19.5. The zero-order valence-electron chi connectivity index (χ0n) is 14.3. The van der Waals surface area contributed by atoms with E-state index in [2.05, 4.69) is 10.6 Å². The third-order valence-electron chi connectivity index (χ3n) is 3.26. The molecule has 0 unspecified atom stereocenters. The Kier molecular flexibility index (Phi) is 7.75. The second-order valence-corrected chi connectivity index (χ2v) is 6.19. The number of nitriles is 1. The fraction of sp³-hybridized carbons (Fsp3) is 0.158. The Morgan fingerprint density at radius 1 is 1.19 bits per heavy atom. The summed E-state index contributed by atoms with van der Waals surface area (Å²) in [7, 11) is 0. The summed E-state index contributed by atoms with van der Waals surface area (Å²) in [6, 6.07) is 12.9. The third kappa shape index (κ3) is 7.13. The number of esters is 1. The van der Waals surface area contributed by atoms with Crippen LogP contribution in [0, 0.1) is 11.3 Å². The number of anilines is 1. The summed E-state index contributed by atoms with van der Waals surface area (Å²) in [5, 5.41) is 16.0. The predicted molar refractivity (Wildman–Crippen MR) is 102 cm³/mol. The molecule has 0 atom stereocenters. The molecule has 2 aromatic rings. The van der Waals surface area contributed by atoms with Gasteiger partial charge in [0.15, 0.2) is 6.61 Å². The first-order chi connectivity index (χ1) is 13.1. The van der Waals surface area contributed by atoms with E-state index in [1.54, 1.807) is 17.5 Å². The van der Waals surface area contributed by atoms with Crippen molar-refractivity contribution in [2.24, 2.45) is 0 Å². The van der Waals surface area contributed by atoms with Gasteiger partial charge in [0.25, 0.3) is 5.91 Å². The molecule has 1 aromatic carbocycles. The molecule has 7 nitrogen and oxygen atoms in total. The van der Waals surface area contributed by atoms with Gasteiger partial charge in [0.05, 0.1) is 12.0 Å².